The molecule has 8 rings (SSSR count). The van der Waals surface area contributed by atoms with E-state index in [1.165, 1.54) is 34.3 Å². The lowest BCUT2D eigenvalue weighted by Gasteiger charge is -2.19. The number of fused-ring (bicyclic) bond motifs is 7. The molecule has 1 unspecified atom stereocenters. The fourth-order valence-electron chi connectivity index (χ4n) is 8.94. The van der Waals surface area contributed by atoms with Crippen LogP contribution in [0.2, 0.25) is 0 Å². The average molecular weight is 1160 g/mol. The monoisotopic (exact) mass is 1160 g/mol. The van der Waals surface area contributed by atoms with Crippen LogP contribution in [0.25, 0.3) is 33.4 Å². The number of pyridine rings is 2. The van der Waals surface area contributed by atoms with Crippen molar-refractivity contribution < 1.29 is 52.5 Å². The Morgan fingerprint density at radius 2 is 1.36 bits per heavy atom. The highest BCUT2D eigenvalue weighted by Crippen LogP contribution is 2.44. The number of halogens is 1. The lowest BCUT2D eigenvalue weighted by Crippen LogP contribution is -2.45. The Kier molecular flexibility index (Phi) is 26.8. The van der Waals surface area contributed by atoms with Gasteiger partial charge in [0.25, 0.3) is 12.0 Å². The van der Waals surface area contributed by atoms with Crippen molar-refractivity contribution in [2.75, 3.05) is 46.1 Å². The number of amides is 5. The molecule has 0 spiro atoms. The number of ether oxygens (including phenoxy) is 3. The second-order valence-corrected chi connectivity index (χ2v) is 18.4. The van der Waals surface area contributed by atoms with Gasteiger partial charge in [-0.2, -0.15) is 13.5 Å². The fourth-order valence-corrected chi connectivity index (χ4v) is 8.94. The van der Waals surface area contributed by atoms with E-state index in [2.05, 4.69) is 45.6 Å². The van der Waals surface area contributed by atoms with Crippen LogP contribution >= 0.6 is 13.5 Å². The van der Waals surface area contributed by atoms with E-state index in [4.69, 9.17) is 30.8 Å². The number of hydrogen-bond donors (Lipinski definition) is 8. The van der Waals surface area contributed by atoms with Crippen molar-refractivity contribution in [3.05, 3.63) is 170 Å². The number of carbonyl (C=O) groups is 6. The summed E-state index contributed by atoms with van der Waals surface area (Å²) < 4.78 is 32.1. The standard InChI is InChI=1S/C49H53FN10O11.C7H8.2C2H6.H2S/c1-27-13-35-36(37-22-60-42(47(37)58-41(35)15-40(27)50)14-34(28(2)62)39(48(60)67)23-70-26-61)21-59(52)20-29(51)11-12-69-25-57-46(66)18-55-44(64)16-53-43(63)17-54-45(65)19-56-49(68)71-24-38-32-9-5-3-7-30(32)31-8-4-6-10-33(31)38;1-7-5-3-2-4-6-7;2*1-2;/h3-10,13-15,20,26,28,38,62H,11-12,16-19,21-25,51-52H2,1-2H3,(H,53,63)(H,54,65)(H,55,64)(H,56,68)(H,57,66);2-6H,1H3;2*1-2H3;1H2/b29-20-;;;;. The summed E-state index contributed by atoms with van der Waals surface area (Å²) in [5.41, 5.74) is 14.8. The first-order chi connectivity index (χ1) is 39.5. The lowest BCUT2D eigenvalue weighted by atomic mass is 9.98. The molecular weight excluding hydrogens is 1090 g/mol. The highest BCUT2D eigenvalue weighted by molar-refractivity contribution is 7.59. The van der Waals surface area contributed by atoms with E-state index < -0.39 is 73.4 Å². The maximum atomic E-state index is 14.8. The second-order valence-electron chi connectivity index (χ2n) is 18.4. The van der Waals surface area contributed by atoms with Crippen LogP contribution in [0, 0.1) is 19.7 Å². The number of aliphatic hydroxyl groups excluding tert-OH is 1. The number of hydrogen-bond acceptors (Lipinski definition) is 15. The molecule has 1 aliphatic carbocycles. The summed E-state index contributed by atoms with van der Waals surface area (Å²) in [7, 11) is 0. The van der Waals surface area contributed by atoms with Gasteiger partial charge in [0.05, 0.1) is 67.9 Å². The second kappa shape index (κ2) is 33.3. The van der Waals surface area contributed by atoms with Crippen LogP contribution in [0.4, 0.5) is 9.18 Å². The average Bonchev–Trinajstić information content (AvgIpc) is 3.62. The zero-order valence-corrected chi connectivity index (χ0v) is 48.7. The van der Waals surface area contributed by atoms with E-state index in [1.807, 2.05) is 94.4 Å². The molecule has 0 bridgehead atoms. The number of hydrazine groups is 1. The molecular formula is C60H75FN10O11S. The van der Waals surface area contributed by atoms with Gasteiger partial charge in [-0.15, -0.1) is 0 Å². The highest BCUT2D eigenvalue weighted by Gasteiger charge is 2.31. The molecule has 21 nitrogen and oxygen atoms in total. The van der Waals surface area contributed by atoms with Crippen molar-refractivity contribution in [3.63, 3.8) is 0 Å². The predicted molar refractivity (Wildman–Crippen MR) is 319 cm³/mol. The van der Waals surface area contributed by atoms with Crippen molar-refractivity contribution in [1.82, 2.24) is 41.1 Å². The molecule has 5 amide bonds. The zero-order valence-electron chi connectivity index (χ0n) is 47.7. The number of benzene rings is 4. The Hall–Kier alpha value is -8.64. The molecule has 0 fully saturated rings. The van der Waals surface area contributed by atoms with Gasteiger partial charge in [-0.25, -0.2) is 20.0 Å². The van der Waals surface area contributed by atoms with Crippen LogP contribution in [0.1, 0.15) is 97.6 Å². The number of aliphatic hydroxyl groups is 1. The fraction of sp³-hybridized carbons (Fsp3) is 0.333. The van der Waals surface area contributed by atoms with Gasteiger partial charge < -0.3 is 61.2 Å². The number of nitrogens with two attached hydrogens (primary N) is 2. The van der Waals surface area contributed by atoms with Crippen molar-refractivity contribution in [2.24, 2.45) is 11.6 Å². The minimum absolute atomic E-state index is 0. The van der Waals surface area contributed by atoms with E-state index >= 15 is 0 Å². The maximum absolute atomic E-state index is 14.8. The number of rotatable bonds is 22. The van der Waals surface area contributed by atoms with Crippen molar-refractivity contribution >= 4 is 60.6 Å². The van der Waals surface area contributed by atoms with Gasteiger partial charge >= 0.3 is 6.09 Å². The number of carbonyl (C=O) groups excluding carboxylic acids is 6. The summed E-state index contributed by atoms with van der Waals surface area (Å²) >= 11 is 0. The van der Waals surface area contributed by atoms with Gasteiger partial charge in [-0.05, 0) is 71.8 Å². The van der Waals surface area contributed by atoms with Crippen LogP contribution in [-0.2, 0) is 57.9 Å². The molecule has 10 N–H and O–H groups in total. The largest absolute Gasteiger partial charge is 0.463 e. The molecule has 23 heteroatoms. The normalized spacial score (nSPS) is 11.8. The first kappa shape index (κ1) is 66.9. The van der Waals surface area contributed by atoms with E-state index in [0.717, 1.165) is 22.3 Å². The minimum atomic E-state index is -1.07. The van der Waals surface area contributed by atoms with Crippen LogP contribution in [-0.4, -0.2) is 102 Å². The third-order valence-corrected chi connectivity index (χ3v) is 12.8. The first-order valence-corrected chi connectivity index (χ1v) is 26.9. The molecule has 0 saturated heterocycles. The molecule has 444 valence electrons. The summed E-state index contributed by atoms with van der Waals surface area (Å²) in [4.78, 5) is 90.7. The van der Waals surface area contributed by atoms with E-state index in [-0.39, 0.29) is 83.1 Å². The maximum Gasteiger partial charge on any atom is 0.407 e. The summed E-state index contributed by atoms with van der Waals surface area (Å²) in [6.07, 6.45) is -0.184. The quantitative estimate of drug-likeness (QED) is 0.0135. The summed E-state index contributed by atoms with van der Waals surface area (Å²) in [5.74, 6) is 3.21. The SMILES string of the molecule is CC.CC.Cc1cc2c(CN(N)/C=C(\N)CCOCNC(=O)CNC(=O)CNC(=O)CNC(=O)CNC(=O)OCC3c4ccccc4-c4ccccc43)c3c(nc2cc1F)-c1cc(C(C)O)c(COC=O)c(=O)n1C3.Cc1ccccc1.S. The van der Waals surface area contributed by atoms with Gasteiger partial charge in [0, 0.05) is 41.3 Å². The molecule has 2 aromatic heterocycles. The van der Waals surface area contributed by atoms with Gasteiger partial charge in [0.2, 0.25) is 23.6 Å². The van der Waals surface area contributed by atoms with Crippen molar-refractivity contribution in [3.8, 4) is 22.5 Å². The molecule has 6 aromatic rings. The molecule has 83 heavy (non-hydrogen) atoms. The molecule has 3 heterocycles. The topological polar surface area (TPSA) is 301 Å². The molecule has 2 aliphatic rings. The Morgan fingerprint density at radius 1 is 0.807 bits per heavy atom. The lowest BCUT2D eigenvalue weighted by molar-refractivity contribution is -0.130. The van der Waals surface area contributed by atoms with Gasteiger partial charge in [-0.3, -0.25) is 28.8 Å². The summed E-state index contributed by atoms with van der Waals surface area (Å²) in [6.45, 7) is 11.3. The van der Waals surface area contributed by atoms with Crippen LogP contribution < -0.4 is 43.7 Å². The van der Waals surface area contributed by atoms with Crippen molar-refractivity contribution in [2.45, 2.75) is 86.6 Å². The van der Waals surface area contributed by atoms with E-state index in [1.54, 1.807) is 19.1 Å². The van der Waals surface area contributed by atoms with Gasteiger partial charge in [0.1, 0.15) is 32.3 Å². The van der Waals surface area contributed by atoms with Crippen LogP contribution in [0.5, 0.6) is 0 Å². The van der Waals surface area contributed by atoms with Gasteiger partial charge in [-0.1, -0.05) is 112 Å². The Labute approximate surface area is 488 Å². The summed E-state index contributed by atoms with van der Waals surface area (Å²) in [6, 6.07) is 30.6. The van der Waals surface area contributed by atoms with E-state index in [0.29, 0.717) is 44.7 Å². The minimum Gasteiger partial charge on any atom is -0.463 e. The molecule has 4 aromatic carbocycles. The van der Waals surface area contributed by atoms with Gasteiger partial charge in [0.15, 0.2) is 0 Å². The van der Waals surface area contributed by atoms with Crippen molar-refractivity contribution in [1.29, 1.82) is 0 Å². The molecule has 1 aliphatic heterocycles. The smallest absolute Gasteiger partial charge is 0.407 e. The third-order valence-electron chi connectivity index (χ3n) is 12.8. The summed E-state index contributed by atoms with van der Waals surface area (Å²) in [5, 5.41) is 24.3. The number of aromatic nitrogens is 2. The Morgan fingerprint density at radius 3 is 1.92 bits per heavy atom. The molecule has 0 radical (unpaired) electrons. The molecule has 0 saturated carbocycles. The number of nitrogens with zero attached hydrogens (tertiary/aromatic N) is 3. The highest BCUT2D eigenvalue weighted by atomic mass is 32.1. The third kappa shape index (κ3) is 18.4. The van der Waals surface area contributed by atoms with Crippen LogP contribution in [0.15, 0.2) is 114 Å². The van der Waals surface area contributed by atoms with E-state index in [9.17, 15) is 43.1 Å². The Bertz CT molecular complexity index is 3260. The zero-order chi connectivity index (χ0) is 59.9. The first-order valence-electron chi connectivity index (χ1n) is 26.9. The molecule has 1 atom stereocenters. The number of alkyl carbamates (subject to hydrolysis) is 1. The number of aryl methyl sites for hydroxylation is 2. The number of nitrogens with one attached hydrogen (secondary N) is 5. The Balaban J connectivity index is 0.00000112. The predicted octanol–water partition coefficient (Wildman–Crippen LogP) is 5.60. The van der Waals surface area contributed by atoms with Crippen LogP contribution in [0.3, 0.4) is 0 Å².